The van der Waals surface area contributed by atoms with Gasteiger partial charge in [0.25, 0.3) is 0 Å². The maximum absolute atomic E-state index is 6.02. The molecular weight excluding hydrogens is 246 g/mol. The predicted octanol–water partition coefficient (Wildman–Crippen LogP) is 2.20. The van der Waals surface area contributed by atoms with Crippen molar-refractivity contribution < 1.29 is 4.74 Å². The summed E-state index contributed by atoms with van der Waals surface area (Å²) in [6.07, 6.45) is 7.16. The van der Waals surface area contributed by atoms with E-state index in [0.717, 1.165) is 30.0 Å². The zero-order valence-electron chi connectivity index (χ0n) is 10.9. The average Bonchev–Trinajstić information content (AvgIpc) is 3.22. The molecule has 1 saturated heterocycles. The molecule has 0 N–H and O–H groups in total. The maximum atomic E-state index is 6.02. The number of ether oxygens (including phenoxy) is 1. The lowest BCUT2D eigenvalue weighted by atomic mass is 10.1. The summed E-state index contributed by atoms with van der Waals surface area (Å²) in [4.78, 5) is 11.3. The maximum Gasteiger partial charge on any atom is 0.226 e. The van der Waals surface area contributed by atoms with Crippen LogP contribution in [0.1, 0.15) is 19.8 Å². The van der Waals surface area contributed by atoms with Crippen molar-refractivity contribution in [2.24, 2.45) is 5.92 Å². The number of aromatic nitrogens is 2. The summed E-state index contributed by atoms with van der Waals surface area (Å²) in [6, 6.07) is 1.95. The molecular formula is C13H19N3OS. The fraction of sp³-hybridized carbons (Fsp3) is 0.692. The molecule has 4 nitrogen and oxygen atoms in total. The van der Waals surface area contributed by atoms with Gasteiger partial charge in [-0.3, -0.25) is 0 Å². The van der Waals surface area contributed by atoms with Crippen LogP contribution in [0.2, 0.25) is 0 Å². The van der Waals surface area contributed by atoms with Crippen molar-refractivity contribution >= 4 is 17.7 Å². The zero-order chi connectivity index (χ0) is 12.5. The number of anilines is 1. The van der Waals surface area contributed by atoms with Crippen LogP contribution in [0.25, 0.3) is 0 Å². The fourth-order valence-corrected chi connectivity index (χ4v) is 2.85. The topological polar surface area (TPSA) is 38.2 Å². The highest BCUT2D eigenvalue weighted by molar-refractivity contribution is 7.98. The first kappa shape index (κ1) is 12.2. The van der Waals surface area contributed by atoms with Crippen molar-refractivity contribution in [1.82, 2.24) is 9.97 Å². The van der Waals surface area contributed by atoms with E-state index in [4.69, 9.17) is 4.74 Å². The number of hydrogen-bond acceptors (Lipinski definition) is 5. The first-order valence-electron chi connectivity index (χ1n) is 6.53. The highest BCUT2D eigenvalue weighted by Gasteiger charge is 2.37. The second-order valence-corrected chi connectivity index (χ2v) is 5.95. The van der Waals surface area contributed by atoms with Crippen LogP contribution < -0.4 is 4.90 Å². The summed E-state index contributed by atoms with van der Waals surface area (Å²) in [5, 5.41) is 1.03. The predicted molar refractivity (Wildman–Crippen MR) is 73.1 cm³/mol. The molecule has 2 aliphatic rings. The molecule has 0 unspecified atom stereocenters. The van der Waals surface area contributed by atoms with Crippen LogP contribution in [0, 0.1) is 5.92 Å². The van der Waals surface area contributed by atoms with Crippen LogP contribution in [0.4, 0.5) is 5.95 Å². The van der Waals surface area contributed by atoms with Gasteiger partial charge in [-0.15, -0.1) is 11.8 Å². The minimum absolute atomic E-state index is 0.269. The Morgan fingerprint density at radius 2 is 2.22 bits per heavy atom. The molecule has 1 aliphatic carbocycles. The molecule has 2 atom stereocenters. The number of thioether (sulfide) groups is 1. The van der Waals surface area contributed by atoms with E-state index in [0.29, 0.717) is 6.10 Å². The van der Waals surface area contributed by atoms with Crippen molar-refractivity contribution in [1.29, 1.82) is 0 Å². The lowest BCUT2D eigenvalue weighted by Crippen LogP contribution is -2.48. The largest absolute Gasteiger partial charge is 0.371 e. The molecule has 1 aromatic heterocycles. The van der Waals surface area contributed by atoms with Crippen LogP contribution in [0.15, 0.2) is 17.3 Å². The Balaban J connectivity index is 1.76. The van der Waals surface area contributed by atoms with Crippen LogP contribution in [-0.4, -0.2) is 41.5 Å². The summed E-state index contributed by atoms with van der Waals surface area (Å²) < 4.78 is 6.02. The Morgan fingerprint density at radius 1 is 1.39 bits per heavy atom. The molecule has 2 heterocycles. The van der Waals surface area contributed by atoms with E-state index in [9.17, 15) is 0 Å². The Kier molecular flexibility index (Phi) is 3.43. The Morgan fingerprint density at radius 3 is 2.94 bits per heavy atom. The third-order valence-corrected chi connectivity index (χ3v) is 4.19. The summed E-state index contributed by atoms with van der Waals surface area (Å²) in [5.74, 6) is 1.61. The first-order chi connectivity index (χ1) is 8.76. The van der Waals surface area contributed by atoms with Crippen molar-refractivity contribution in [2.45, 2.75) is 37.0 Å². The molecule has 98 valence electrons. The third kappa shape index (κ3) is 2.62. The quantitative estimate of drug-likeness (QED) is 0.619. The molecule has 5 heteroatoms. The molecule has 0 bridgehead atoms. The fourth-order valence-electron chi connectivity index (χ4n) is 2.48. The zero-order valence-corrected chi connectivity index (χ0v) is 11.7. The van der Waals surface area contributed by atoms with Gasteiger partial charge >= 0.3 is 0 Å². The number of nitrogens with zero attached hydrogens (tertiary/aromatic N) is 3. The van der Waals surface area contributed by atoms with Crippen molar-refractivity contribution in [3.05, 3.63) is 12.3 Å². The molecule has 2 fully saturated rings. The van der Waals surface area contributed by atoms with Gasteiger partial charge in [0.05, 0.1) is 12.2 Å². The molecule has 1 aliphatic heterocycles. The SMILES string of the molecule is CSc1ccnc(N2C[C@@H](C)O[C@@H](C3CC3)C2)n1. The van der Waals surface area contributed by atoms with E-state index < -0.39 is 0 Å². The number of hydrogen-bond donors (Lipinski definition) is 0. The molecule has 0 amide bonds. The van der Waals surface area contributed by atoms with Crippen LogP contribution in [0.5, 0.6) is 0 Å². The van der Waals surface area contributed by atoms with Gasteiger partial charge in [0.1, 0.15) is 5.03 Å². The second-order valence-electron chi connectivity index (χ2n) is 5.13. The van der Waals surface area contributed by atoms with E-state index in [-0.39, 0.29) is 6.10 Å². The monoisotopic (exact) mass is 265 g/mol. The van der Waals surface area contributed by atoms with Crippen LogP contribution >= 0.6 is 11.8 Å². The van der Waals surface area contributed by atoms with Gasteiger partial charge in [0.15, 0.2) is 0 Å². The summed E-state index contributed by atoms with van der Waals surface area (Å²) in [5.41, 5.74) is 0. The highest BCUT2D eigenvalue weighted by atomic mass is 32.2. The van der Waals surface area contributed by atoms with Gasteiger partial charge in [-0.1, -0.05) is 0 Å². The number of rotatable bonds is 3. The average molecular weight is 265 g/mol. The van der Waals surface area contributed by atoms with Crippen LogP contribution in [-0.2, 0) is 4.74 Å². The Labute approximate surface area is 112 Å². The van der Waals surface area contributed by atoms with Gasteiger partial charge in [-0.2, -0.15) is 0 Å². The molecule has 0 spiro atoms. The van der Waals surface area contributed by atoms with Gasteiger partial charge < -0.3 is 9.64 Å². The lowest BCUT2D eigenvalue weighted by molar-refractivity contribution is -0.0276. The number of morpholine rings is 1. The second kappa shape index (κ2) is 5.05. The molecule has 0 radical (unpaired) electrons. The smallest absolute Gasteiger partial charge is 0.226 e. The summed E-state index contributed by atoms with van der Waals surface area (Å²) in [6.45, 7) is 3.97. The Hall–Kier alpha value is -0.810. The van der Waals surface area contributed by atoms with Gasteiger partial charge in [0, 0.05) is 19.3 Å². The summed E-state index contributed by atoms with van der Waals surface area (Å²) >= 11 is 1.66. The van der Waals surface area contributed by atoms with E-state index in [2.05, 4.69) is 21.8 Å². The van der Waals surface area contributed by atoms with E-state index in [1.165, 1.54) is 12.8 Å². The normalized spacial score (nSPS) is 28.4. The van der Waals surface area contributed by atoms with E-state index in [1.807, 2.05) is 18.5 Å². The van der Waals surface area contributed by atoms with Crippen molar-refractivity contribution in [3.63, 3.8) is 0 Å². The highest BCUT2D eigenvalue weighted by Crippen LogP contribution is 2.37. The van der Waals surface area contributed by atoms with Crippen LogP contribution in [0.3, 0.4) is 0 Å². The standard InChI is InChI=1S/C13H19N3OS/c1-9-7-16(8-11(17-9)10-3-4-10)13-14-6-5-12(15-13)18-2/h5-6,9-11H,3-4,7-8H2,1-2H3/t9-,11-/m1/s1. The molecule has 18 heavy (non-hydrogen) atoms. The van der Waals surface area contributed by atoms with E-state index >= 15 is 0 Å². The molecule has 3 rings (SSSR count). The van der Waals surface area contributed by atoms with Gasteiger partial charge in [-0.05, 0) is 38.0 Å². The molecule has 0 aromatic carbocycles. The molecule has 1 aromatic rings. The lowest BCUT2D eigenvalue weighted by Gasteiger charge is -2.37. The third-order valence-electron chi connectivity index (χ3n) is 3.54. The van der Waals surface area contributed by atoms with Crippen molar-refractivity contribution in [3.8, 4) is 0 Å². The minimum atomic E-state index is 0.269. The minimum Gasteiger partial charge on any atom is -0.371 e. The van der Waals surface area contributed by atoms with Crippen molar-refractivity contribution in [2.75, 3.05) is 24.2 Å². The summed E-state index contributed by atoms with van der Waals surface area (Å²) in [7, 11) is 0. The van der Waals surface area contributed by atoms with Gasteiger partial charge in [0.2, 0.25) is 5.95 Å². The first-order valence-corrected chi connectivity index (χ1v) is 7.76. The van der Waals surface area contributed by atoms with E-state index in [1.54, 1.807) is 11.8 Å². The Bertz CT molecular complexity index is 424. The van der Waals surface area contributed by atoms with Gasteiger partial charge in [-0.25, -0.2) is 9.97 Å². The molecule has 1 saturated carbocycles.